The van der Waals surface area contributed by atoms with E-state index in [0.717, 1.165) is 24.6 Å². The zero-order valence-electron chi connectivity index (χ0n) is 11.8. The summed E-state index contributed by atoms with van der Waals surface area (Å²) in [5, 5.41) is 5.01. The first-order chi connectivity index (χ1) is 10.4. The molecule has 0 aliphatic carbocycles. The average molecular weight is 490 g/mol. The van der Waals surface area contributed by atoms with Crippen LogP contribution in [-0.2, 0) is 10.9 Å². The molecule has 1 aliphatic heterocycles. The summed E-state index contributed by atoms with van der Waals surface area (Å²) in [6.45, 7) is 0.623. The third-order valence-corrected chi connectivity index (χ3v) is 7.47. The van der Waals surface area contributed by atoms with E-state index in [1.807, 2.05) is 4.93 Å². The molecule has 0 amide bonds. The molecule has 1 aliphatic rings. The van der Waals surface area contributed by atoms with Crippen molar-refractivity contribution in [1.29, 1.82) is 0 Å². The van der Waals surface area contributed by atoms with Gasteiger partial charge in [0.05, 0.1) is 0 Å². The topological polar surface area (TPSA) is 27.1 Å². The number of aromatic nitrogens is 2. The van der Waals surface area contributed by atoms with Crippen molar-refractivity contribution in [3.05, 3.63) is 25.9 Å². The second-order valence-corrected chi connectivity index (χ2v) is 8.03. The third kappa shape index (κ3) is 2.89. The van der Waals surface area contributed by atoms with Crippen molar-refractivity contribution >= 4 is 26.8 Å². The van der Waals surface area contributed by atoms with Gasteiger partial charge in [-0.25, -0.2) is 0 Å². The van der Waals surface area contributed by atoms with Gasteiger partial charge in [0.2, 0.25) is 0 Å². The van der Waals surface area contributed by atoms with Crippen molar-refractivity contribution in [2.45, 2.75) is 31.7 Å². The van der Waals surface area contributed by atoms with Crippen LogP contribution in [0.3, 0.4) is 0 Å². The Hall–Kier alpha value is -0.350. The number of ether oxygens (including phenoxy) is 1. The number of benzene rings is 1. The number of fused-ring (bicyclic) bond motifs is 1. The molecule has 1 aromatic heterocycles. The fourth-order valence-corrected chi connectivity index (χ4v) is 5.99. The van der Waals surface area contributed by atoms with Crippen molar-refractivity contribution in [2.75, 3.05) is 11.5 Å². The van der Waals surface area contributed by atoms with Crippen LogP contribution in [0.25, 0.3) is 10.9 Å². The van der Waals surface area contributed by atoms with Crippen LogP contribution in [0.2, 0.25) is 0 Å². The van der Waals surface area contributed by atoms with E-state index in [1.54, 1.807) is 10.9 Å². The van der Waals surface area contributed by atoms with Gasteiger partial charge in [0.25, 0.3) is 0 Å². The fourth-order valence-electron chi connectivity index (χ4n) is 2.66. The Morgan fingerprint density at radius 1 is 1.41 bits per heavy atom. The first-order valence-electron chi connectivity index (χ1n) is 6.81. The van der Waals surface area contributed by atoms with E-state index in [9.17, 15) is 13.2 Å². The van der Waals surface area contributed by atoms with Gasteiger partial charge in [-0.3, -0.25) is 0 Å². The molecule has 2 heterocycles. The van der Waals surface area contributed by atoms with Crippen LogP contribution in [0.1, 0.15) is 31.1 Å². The summed E-state index contributed by atoms with van der Waals surface area (Å²) in [5.74, 6) is 0. The summed E-state index contributed by atoms with van der Waals surface area (Å²) in [4.78, 5) is 1.83. The van der Waals surface area contributed by atoms with Crippen molar-refractivity contribution in [2.24, 2.45) is 0 Å². The standard InChI is InChI=1S/C14H14BrF3IN2O/c1-19-13-9(14(16,17)18)6-10-8(12(13)15)7-20-21(10)11-4-2-3-5-22-11/h6-7,11H,2-5H2,1H3/q-1. The molecule has 0 N–H and O–H groups in total. The molecule has 0 radical (unpaired) electrons. The number of hydrogen-bond donors (Lipinski definition) is 0. The Bertz CT molecular complexity index is 695. The number of nitrogens with zero attached hydrogens (tertiary/aromatic N) is 2. The quantitative estimate of drug-likeness (QED) is 0.471. The zero-order chi connectivity index (χ0) is 15.9. The van der Waals surface area contributed by atoms with Crippen molar-refractivity contribution in [3.8, 4) is 0 Å². The van der Waals surface area contributed by atoms with E-state index < -0.39 is 32.9 Å². The van der Waals surface area contributed by atoms with Gasteiger partial charge in [0.1, 0.15) is 0 Å². The average Bonchev–Trinajstić information content (AvgIpc) is 2.91. The summed E-state index contributed by atoms with van der Waals surface area (Å²) < 4.78 is 48.2. The molecule has 0 bridgehead atoms. The SMILES string of the molecule is C[I-]c1c(C(F)(F)F)cc2c(cnn2C2CCCCO2)c1Br. The summed E-state index contributed by atoms with van der Waals surface area (Å²) in [7, 11) is 0. The Balaban J connectivity index is 2.20. The third-order valence-electron chi connectivity index (χ3n) is 3.70. The zero-order valence-corrected chi connectivity index (χ0v) is 15.5. The summed E-state index contributed by atoms with van der Waals surface area (Å²) >= 11 is 2.64. The van der Waals surface area contributed by atoms with Crippen LogP contribution in [0.15, 0.2) is 16.7 Å². The predicted molar refractivity (Wildman–Crippen MR) is 75.9 cm³/mol. The van der Waals surface area contributed by atoms with E-state index in [4.69, 9.17) is 4.74 Å². The molecule has 1 fully saturated rings. The Morgan fingerprint density at radius 3 is 2.77 bits per heavy atom. The number of alkyl halides is 4. The van der Waals surface area contributed by atoms with Gasteiger partial charge in [-0.1, -0.05) is 0 Å². The van der Waals surface area contributed by atoms with Crippen molar-refractivity contribution < 1.29 is 39.1 Å². The molecule has 0 spiro atoms. The van der Waals surface area contributed by atoms with Gasteiger partial charge in [0, 0.05) is 0 Å². The number of halogens is 5. The second-order valence-electron chi connectivity index (χ2n) is 5.08. The van der Waals surface area contributed by atoms with Crippen LogP contribution in [0.5, 0.6) is 0 Å². The van der Waals surface area contributed by atoms with E-state index >= 15 is 0 Å². The van der Waals surface area contributed by atoms with Crippen molar-refractivity contribution in [1.82, 2.24) is 9.78 Å². The second kappa shape index (κ2) is 6.27. The molecule has 1 saturated heterocycles. The molecular weight excluding hydrogens is 476 g/mol. The molecular formula is C14H14BrF3IN2O-. The van der Waals surface area contributed by atoms with Crippen molar-refractivity contribution in [3.63, 3.8) is 0 Å². The molecule has 2 aromatic rings. The summed E-state index contributed by atoms with van der Waals surface area (Å²) in [6, 6.07) is 1.23. The maximum absolute atomic E-state index is 13.4. The van der Waals surface area contributed by atoms with Gasteiger partial charge in [-0.15, -0.1) is 0 Å². The molecule has 1 unspecified atom stereocenters. The van der Waals surface area contributed by atoms with Gasteiger partial charge < -0.3 is 0 Å². The summed E-state index contributed by atoms with van der Waals surface area (Å²) in [6.07, 6.45) is -0.250. The molecule has 22 heavy (non-hydrogen) atoms. The van der Waals surface area contributed by atoms with E-state index in [0.29, 0.717) is 20.2 Å². The van der Waals surface area contributed by atoms with Crippen LogP contribution >= 0.6 is 15.9 Å². The first-order valence-corrected chi connectivity index (χ1v) is 10.8. The van der Waals surface area contributed by atoms with Crippen LogP contribution < -0.4 is 21.2 Å². The Kier molecular flexibility index (Phi) is 4.71. The molecule has 3 rings (SSSR count). The van der Waals surface area contributed by atoms with Gasteiger partial charge >= 0.3 is 145 Å². The Labute approximate surface area is 144 Å². The first kappa shape index (κ1) is 16.5. The molecule has 0 saturated carbocycles. The molecule has 8 heteroatoms. The van der Waals surface area contributed by atoms with Gasteiger partial charge in [-0.05, 0) is 0 Å². The summed E-state index contributed by atoms with van der Waals surface area (Å²) in [5.41, 5.74) is -0.0768. The minimum absolute atomic E-state index is 0.276. The monoisotopic (exact) mass is 489 g/mol. The number of hydrogen-bond acceptors (Lipinski definition) is 2. The van der Waals surface area contributed by atoms with Crippen LogP contribution in [-0.4, -0.2) is 21.3 Å². The van der Waals surface area contributed by atoms with Gasteiger partial charge in [-0.2, -0.15) is 0 Å². The predicted octanol–water partition coefficient (Wildman–Crippen LogP) is 1.41. The van der Waals surface area contributed by atoms with Crippen LogP contribution in [0, 0.1) is 3.57 Å². The molecule has 1 aromatic carbocycles. The maximum atomic E-state index is 13.4. The van der Waals surface area contributed by atoms with E-state index in [2.05, 4.69) is 21.0 Å². The van der Waals surface area contributed by atoms with E-state index in [-0.39, 0.29) is 6.23 Å². The Morgan fingerprint density at radius 2 is 2.18 bits per heavy atom. The number of rotatable bonds is 2. The van der Waals surface area contributed by atoms with Crippen LogP contribution in [0.4, 0.5) is 13.2 Å². The normalized spacial score (nSPS) is 20.0. The van der Waals surface area contributed by atoms with E-state index in [1.165, 1.54) is 6.07 Å². The molecule has 3 nitrogen and oxygen atoms in total. The minimum atomic E-state index is -4.36. The molecule has 122 valence electrons. The fraction of sp³-hybridized carbons (Fsp3) is 0.500. The van der Waals surface area contributed by atoms with Gasteiger partial charge in [0.15, 0.2) is 0 Å². The molecule has 1 atom stereocenters.